The predicted octanol–water partition coefficient (Wildman–Crippen LogP) is 2.38. The van der Waals surface area contributed by atoms with Crippen LogP contribution >= 0.6 is 0 Å². The van der Waals surface area contributed by atoms with Crippen molar-refractivity contribution in [2.45, 2.75) is 33.6 Å². The van der Waals surface area contributed by atoms with Gasteiger partial charge in [0.2, 0.25) is 11.7 Å². The Balaban J connectivity index is 2.45. The van der Waals surface area contributed by atoms with Crippen LogP contribution in [0.5, 0.6) is 0 Å². The maximum absolute atomic E-state index is 11.9. The Morgan fingerprint density at radius 3 is 2.60 bits per heavy atom. The molecule has 0 radical (unpaired) electrons. The fourth-order valence-electron chi connectivity index (χ4n) is 2.04. The minimum Gasteiger partial charge on any atom is -0.460 e. The molecule has 6 heteroatoms. The number of oxazole rings is 1. The SMILES string of the molecule is CCOC(=O)c1oc(-c2cn(C)nc2CC)nc1CC. The van der Waals surface area contributed by atoms with E-state index in [9.17, 15) is 4.79 Å². The molecule has 0 saturated carbocycles. The van der Waals surface area contributed by atoms with E-state index >= 15 is 0 Å². The molecule has 0 bridgehead atoms. The van der Waals surface area contributed by atoms with Gasteiger partial charge in [0.25, 0.3) is 0 Å². The first-order valence-electron chi connectivity index (χ1n) is 6.80. The summed E-state index contributed by atoms with van der Waals surface area (Å²) in [5.41, 5.74) is 2.33. The zero-order valence-electron chi connectivity index (χ0n) is 12.3. The zero-order chi connectivity index (χ0) is 14.7. The predicted molar refractivity (Wildman–Crippen MR) is 73.4 cm³/mol. The highest BCUT2D eigenvalue weighted by Gasteiger charge is 2.23. The van der Waals surface area contributed by atoms with Crippen LogP contribution in [0.15, 0.2) is 10.6 Å². The lowest BCUT2D eigenvalue weighted by atomic mass is 10.2. The molecule has 2 rings (SSSR count). The van der Waals surface area contributed by atoms with Crippen LogP contribution in [-0.2, 0) is 24.6 Å². The Bertz CT molecular complexity index is 613. The van der Waals surface area contributed by atoms with E-state index in [1.165, 1.54) is 0 Å². The number of esters is 1. The van der Waals surface area contributed by atoms with Gasteiger partial charge in [-0.05, 0) is 19.8 Å². The second-order valence-corrected chi connectivity index (χ2v) is 4.39. The normalized spacial score (nSPS) is 10.8. The average Bonchev–Trinajstić information content (AvgIpc) is 3.01. The fraction of sp³-hybridized carbons (Fsp3) is 0.500. The van der Waals surface area contributed by atoms with Gasteiger partial charge in [-0.15, -0.1) is 0 Å². The first kappa shape index (κ1) is 14.3. The van der Waals surface area contributed by atoms with E-state index in [-0.39, 0.29) is 5.76 Å². The van der Waals surface area contributed by atoms with Crippen molar-refractivity contribution in [2.24, 2.45) is 7.05 Å². The zero-order valence-corrected chi connectivity index (χ0v) is 12.3. The molecule has 0 aliphatic rings. The summed E-state index contributed by atoms with van der Waals surface area (Å²) in [5, 5.41) is 4.35. The summed E-state index contributed by atoms with van der Waals surface area (Å²) in [6, 6.07) is 0. The molecule has 0 aliphatic heterocycles. The van der Waals surface area contributed by atoms with Crippen LogP contribution in [-0.4, -0.2) is 27.3 Å². The van der Waals surface area contributed by atoms with Crippen LogP contribution in [0.1, 0.15) is 42.7 Å². The third-order valence-electron chi connectivity index (χ3n) is 2.96. The highest BCUT2D eigenvalue weighted by molar-refractivity contribution is 5.88. The summed E-state index contributed by atoms with van der Waals surface area (Å²) < 4.78 is 12.3. The van der Waals surface area contributed by atoms with Crippen molar-refractivity contribution in [1.82, 2.24) is 14.8 Å². The van der Waals surface area contributed by atoms with Crippen molar-refractivity contribution in [3.05, 3.63) is 23.3 Å². The molecule has 2 aromatic rings. The summed E-state index contributed by atoms with van der Waals surface area (Å²) in [7, 11) is 1.85. The largest absolute Gasteiger partial charge is 0.460 e. The van der Waals surface area contributed by atoms with Gasteiger partial charge in [-0.2, -0.15) is 5.10 Å². The van der Waals surface area contributed by atoms with Gasteiger partial charge >= 0.3 is 5.97 Å². The van der Waals surface area contributed by atoms with Crippen molar-refractivity contribution in [2.75, 3.05) is 6.61 Å². The first-order valence-corrected chi connectivity index (χ1v) is 6.80. The van der Waals surface area contributed by atoms with E-state index in [0.29, 0.717) is 24.6 Å². The van der Waals surface area contributed by atoms with Crippen molar-refractivity contribution in [1.29, 1.82) is 0 Å². The molecule has 0 spiro atoms. The molecule has 2 heterocycles. The van der Waals surface area contributed by atoms with Crippen LogP contribution in [0.25, 0.3) is 11.5 Å². The molecular formula is C14H19N3O3. The number of rotatable bonds is 5. The number of carbonyl (C=O) groups excluding carboxylic acids is 1. The van der Waals surface area contributed by atoms with E-state index in [1.807, 2.05) is 27.1 Å². The molecule has 0 N–H and O–H groups in total. The Morgan fingerprint density at radius 1 is 1.30 bits per heavy atom. The van der Waals surface area contributed by atoms with Gasteiger partial charge in [0, 0.05) is 13.2 Å². The second kappa shape index (κ2) is 5.90. The Hall–Kier alpha value is -2.11. The number of hydrogen-bond acceptors (Lipinski definition) is 5. The van der Waals surface area contributed by atoms with Gasteiger partial charge in [-0.3, -0.25) is 4.68 Å². The topological polar surface area (TPSA) is 70.2 Å². The quantitative estimate of drug-likeness (QED) is 0.785. The Kier molecular flexibility index (Phi) is 4.22. The highest BCUT2D eigenvalue weighted by atomic mass is 16.5. The van der Waals surface area contributed by atoms with E-state index < -0.39 is 5.97 Å². The number of carbonyl (C=O) groups is 1. The first-order chi connectivity index (χ1) is 9.60. The molecule has 0 aliphatic carbocycles. The number of aryl methyl sites for hydroxylation is 3. The molecule has 6 nitrogen and oxygen atoms in total. The molecule has 0 unspecified atom stereocenters. The Morgan fingerprint density at radius 2 is 2.00 bits per heavy atom. The molecule has 0 aromatic carbocycles. The smallest absolute Gasteiger partial charge is 0.376 e. The number of hydrogen-bond donors (Lipinski definition) is 0. The van der Waals surface area contributed by atoms with Crippen LogP contribution in [0.4, 0.5) is 0 Å². The molecular weight excluding hydrogens is 258 g/mol. The minimum atomic E-state index is -0.468. The van der Waals surface area contributed by atoms with Gasteiger partial charge < -0.3 is 9.15 Å². The number of nitrogens with zero attached hydrogens (tertiary/aromatic N) is 3. The van der Waals surface area contributed by atoms with Crippen LogP contribution in [0.3, 0.4) is 0 Å². The Labute approximate surface area is 117 Å². The van der Waals surface area contributed by atoms with Gasteiger partial charge in [0.15, 0.2) is 0 Å². The van der Waals surface area contributed by atoms with Crippen LogP contribution in [0.2, 0.25) is 0 Å². The summed E-state index contributed by atoms with van der Waals surface area (Å²) in [5.74, 6) is 0.148. The average molecular weight is 277 g/mol. The summed E-state index contributed by atoms with van der Waals surface area (Å²) in [6.45, 7) is 6.01. The molecule has 2 aromatic heterocycles. The lowest BCUT2D eigenvalue weighted by Gasteiger charge is -1.98. The summed E-state index contributed by atoms with van der Waals surface area (Å²) >= 11 is 0. The van der Waals surface area contributed by atoms with Gasteiger partial charge in [0.1, 0.15) is 0 Å². The minimum absolute atomic E-state index is 0.190. The number of ether oxygens (including phenoxy) is 1. The van der Waals surface area contributed by atoms with Crippen molar-refractivity contribution in [3.63, 3.8) is 0 Å². The molecule has 0 saturated heterocycles. The van der Waals surface area contributed by atoms with Crippen molar-refractivity contribution < 1.29 is 13.9 Å². The fourth-order valence-corrected chi connectivity index (χ4v) is 2.04. The standard InChI is InChI=1S/C14H19N3O3/c1-5-10-9(8-17(4)16-10)13-15-11(6-2)12(20-13)14(18)19-7-3/h8H,5-7H2,1-4H3. The lowest BCUT2D eigenvalue weighted by Crippen LogP contribution is -2.05. The van der Waals surface area contributed by atoms with E-state index in [0.717, 1.165) is 17.7 Å². The molecule has 108 valence electrons. The maximum Gasteiger partial charge on any atom is 0.376 e. The van der Waals surface area contributed by atoms with E-state index in [1.54, 1.807) is 11.6 Å². The van der Waals surface area contributed by atoms with Crippen LogP contribution in [0, 0.1) is 0 Å². The van der Waals surface area contributed by atoms with Crippen molar-refractivity contribution in [3.8, 4) is 11.5 Å². The summed E-state index contributed by atoms with van der Waals surface area (Å²) in [4.78, 5) is 16.3. The van der Waals surface area contributed by atoms with Gasteiger partial charge in [-0.25, -0.2) is 9.78 Å². The third kappa shape index (κ3) is 2.59. The monoisotopic (exact) mass is 277 g/mol. The number of aromatic nitrogens is 3. The summed E-state index contributed by atoms with van der Waals surface area (Å²) in [6.07, 6.45) is 3.23. The van der Waals surface area contributed by atoms with Gasteiger partial charge in [0.05, 0.1) is 23.6 Å². The van der Waals surface area contributed by atoms with Crippen LogP contribution < -0.4 is 0 Å². The molecule has 0 amide bonds. The van der Waals surface area contributed by atoms with Gasteiger partial charge in [-0.1, -0.05) is 13.8 Å². The molecule has 0 atom stereocenters. The van der Waals surface area contributed by atoms with Crippen molar-refractivity contribution >= 4 is 5.97 Å². The third-order valence-corrected chi connectivity index (χ3v) is 2.96. The molecule has 20 heavy (non-hydrogen) atoms. The van der Waals surface area contributed by atoms with E-state index in [4.69, 9.17) is 9.15 Å². The lowest BCUT2D eigenvalue weighted by molar-refractivity contribution is 0.0489. The molecule has 0 fully saturated rings. The van der Waals surface area contributed by atoms with E-state index in [2.05, 4.69) is 10.1 Å². The second-order valence-electron chi connectivity index (χ2n) is 4.39. The maximum atomic E-state index is 11.9. The highest BCUT2D eigenvalue weighted by Crippen LogP contribution is 2.26.